The summed E-state index contributed by atoms with van der Waals surface area (Å²) in [7, 11) is 0. The van der Waals surface area contributed by atoms with Crippen LogP contribution in [0.3, 0.4) is 0 Å². The van der Waals surface area contributed by atoms with Gasteiger partial charge in [0.25, 0.3) is 5.91 Å². The Kier molecular flexibility index (Phi) is 5.18. The molecule has 0 spiro atoms. The molecule has 0 unspecified atom stereocenters. The van der Waals surface area contributed by atoms with Crippen LogP contribution in [0.5, 0.6) is 0 Å². The summed E-state index contributed by atoms with van der Waals surface area (Å²) in [4.78, 5) is 13.9. The highest BCUT2D eigenvalue weighted by atomic mass is 16.5. The first-order valence-electron chi connectivity index (χ1n) is 6.84. The number of nitrogens with two attached hydrogens (primary N) is 1. The molecule has 0 radical (unpaired) electrons. The second-order valence-corrected chi connectivity index (χ2v) is 4.60. The van der Waals surface area contributed by atoms with Gasteiger partial charge < -0.3 is 20.3 Å². The van der Waals surface area contributed by atoms with Gasteiger partial charge in [0.05, 0.1) is 19.8 Å². The predicted molar refractivity (Wildman–Crippen MR) is 75.4 cm³/mol. The van der Waals surface area contributed by atoms with E-state index in [2.05, 4.69) is 10.2 Å². The number of morpholine rings is 1. The molecule has 2 rings (SSSR count). The molecule has 0 saturated carbocycles. The van der Waals surface area contributed by atoms with Crippen LogP contribution >= 0.6 is 0 Å². The van der Waals surface area contributed by atoms with Gasteiger partial charge in [-0.25, -0.2) is 0 Å². The zero-order chi connectivity index (χ0) is 13.5. The molecule has 0 aliphatic carbocycles. The number of quaternary nitrogens is 1. The molecule has 0 aromatic heterocycles. The van der Waals surface area contributed by atoms with E-state index in [1.807, 2.05) is 36.5 Å². The molecular formula is C14H22N3O2+. The zero-order valence-electron chi connectivity index (χ0n) is 11.4. The van der Waals surface area contributed by atoms with E-state index in [4.69, 9.17) is 4.74 Å². The van der Waals surface area contributed by atoms with Crippen molar-refractivity contribution in [2.45, 2.75) is 6.92 Å². The number of rotatable bonds is 5. The third-order valence-corrected chi connectivity index (χ3v) is 3.15. The van der Waals surface area contributed by atoms with Crippen molar-refractivity contribution in [1.82, 2.24) is 0 Å². The van der Waals surface area contributed by atoms with Crippen LogP contribution in [-0.2, 0) is 9.53 Å². The van der Waals surface area contributed by atoms with E-state index >= 15 is 0 Å². The highest BCUT2D eigenvalue weighted by Gasteiger charge is 2.11. The van der Waals surface area contributed by atoms with Crippen LogP contribution in [0.2, 0.25) is 0 Å². The number of likely N-dealkylation sites (N-methyl/N-ethyl adjacent to an activating group) is 1. The maximum absolute atomic E-state index is 11.6. The Bertz CT molecular complexity index is 400. The molecule has 1 heterocycles. The van der Waals surface area contributed by atoms with Crippen LogP contribution in [0.25, 0.3) is 0 Å². The Morgan fingerprint density at radius 2 is 2.00 bits per heavy atom. The van der Waals surface area contributed by atoms with Crippen LogP contribution in [0.4, 0.5) is 11.4 Å². The van der Waals surface area contributed by atoms with Crippen molar-refractivity contribution in [1.29, 1.82) is 0 Å². The van der Waals surface area contributed by atoms with Crippen LogP contribution < -0.4 is 15.5 Å². The van der Waals surface area contributed by atoms with Gasteiger partial charge in [-0.15, -0.1) is 0 Å². The second kappa shape index (κ2) is 7.11. The lowest BCUT2D eigenvalue weighted by atomic mass is 10.2. The molecule has 1 saturated heterocycles. The summed E-state index contributed by atoms with van der Waals surface area (Å²) in [5.41, 5.74) is 2.04. The summed E-state index contributed by atoms with van der Waals surface area (Å²) >= 11 is 0. The number of nitrogens with one attached hydrogen (secondary N) is 1. The fourth-order valence-electron chi connectivity index (χ4n) is 2.06. The lowest BCUT2D eigenvalue weighted by Gasteiger charge is -2.28. The monoisotopic (exact) mass is 264 g/mol. The molecular weight excluding hydrogens is 242 g/mol. The fourth-order valence-corrected chi connectivity index (χ4v) is 2.06. The van der Waals surface area contributed by atoms with E-state index in [1.165, 1.54) is 5.69 Å². The third-order valence-electron chi connectivity index (χ3n) is 3.15. The number of hydrogen-bond donors (Lipinski definition) is 2. The van der Waals surface area contributed by atoms with Crippen molar-refractivity contribution in [3.63, 3.8) is 0 Å². The Labute approximate surface area is 113 Å². The van der Waals surface area contributed by atoms with Crippen molar-refractivity contribution < 1.29 is 14.8 Å². The number of amides is 1. The van der Waals surface area contributed by atoms with Crippen molar-refractivity contribution >= 4 is 17.3 Å². The van der Waals surface area contributed by atoms with Crippen molar-refractivity contribution in [3.8, 4) is 0 Å². The summed E-state index contributed by atoms with van der Waals surface area (Å²) in [5.74, 6) is 0.0426. The first-order chi connectivity index (χ1) is 9.29. The normalized spacial score (nSPS) is 15.3. The molecule has 19 heavy (non-hydrogen) atoms. The van der Waals surface area contributed by atoms with Crippen molar-refractivity contribution in [2.24, 2.45) is 0 Å². The smallest absolute Gasteiger partial charge is 0.279 e. The highest BCUT2D eigenvalue weighted by molar-refractivity contribution is 5.91. The van der Waals surface area contributed by atoms with Gasteiger partial charge in [-0.1, -0.05) is 0 Å². The Hall–Kier alpha value is -1.59. The molecule has 1 amide bonds. The summed E-state index contributed by atoms with van der Waals surface area (Å²) in [6.45, 7) is 6.85. The van der Waals surface area contributed by atoms with Crippen LogP contribution in [-0.4, -0.2) is 45.3 Å². The van der Waals surface area contributed by atoms with Crippen LogP contribution in [0.1, 0.15) is 6.92 Å². The predicted octanol–water partition coefficient (Wildman–Crippen LogP) is 0.0450. The summed E-state index contributed by atoms with van der Waals surface area (Å²) in [6.07, 6.45) is 0. The average Bonchev–Trinajstić information content (AvgIpc) is 2.47. The van der Waals surface area contributed by atoms with E-state index in [0.29, 0.717) is 6.54 Å². The molecule has 1 aliphatic heterocycles. The second-order valence-electron chi connectivity index (χ2n) is 4.60. The molecule has 1 aliphatic rings. The Morgan fingerprint density at radius 1 is 1.32 bits per heavy atom. The van der Waals surface area contributed by atoms with Gasteiger partial charge in [0.15, 0.2) is 6.54 Å². The molecule has 0 bridgehead atoms. The number of nitrogens with zero attached hydrogens (tertiary/aromatic N) is 1. The summed E-state index contributed by atoms with van der Waals surface area (Å²) in [5, 5.41) is 4.86. The lowest BCUT2D eigenvalue weighted by molar-refractivity contribution is -0.640. The number of benzene rings is 1. The lowest BCUT2D eigenvalue weighted by Crippen LogP contribution is -2.85. The fraction of sp³-hybridized carbons (Fsp3) is 0.500. The molecule has 1 aromatic rings. The Balaban J connectivity index is 1.88. The minimum Gasteiger partial charge on any atom is -0.378 e. The number of ether oxygens (including phenoxy) is 1. The van der Waals surface area contributed by atoms with Gasteiger partial charge in [-0.3, -0.25) is 4.79 Å². The molecule has 1 aromatic carbocycles. The van der Waals surface area contributed by atoms with E-state index in [0.717, 1.165) is 38.5 Å². The average molecular weight is 264 g/mol. The van der Waals surface area contributed by atoms with E-state index < -0.39 is 0 Å². The Morgan fingerprint density at radius 3 is 2.63 bits per heavy atom. The molecule has 5 heteroatoms. The van der Waals surface area contributed by atoms with E-state index in [9.17, 15) is 4.79 Å². The van der Waals surface area contributed by atoms with Gasteiger partial charge in [0.1, 0.15) is 0 Å². The van der Waals surface area contributed by atoms with Crippen LogP contribution in [0.15, 0.2) is 24.3 Å². The van der Waals surface area contributed by atoms with Gasteiger partial charge >= 0.3 is 0 Å². The minimum absolute atomic E-state index is 0.0426. The molecule has 104 valence electrons. The van der Waals surface area contributed by atoms with Gasteiger partial charge in [-0.2, -0.15) is 0 Å². The van der Waals surface area contributed by atoms with Gasteiger partial charge in [-0.05, 0) is 31.2 Å². The quantitative estimate of drug-likeness (QED) is 0.790. The first kappa shape index (κ1) is 13.8. The number of carbonyl (C=O) groups excluding carboxylic acids is 1. The number of carbonyl (C=O) groups is 1. The molecule has 0 atom stereocenters. The minimum atomic E-state index is 0.0426. The maximum Gasteiger partial charge on any atom is 0.279 e. The van der Waals surface area contributed by atoms with Gasteiger partial charge in [0.2, 0.25) is 0 Å². The van der Waals surface area contributed by atoms with Crippen LogP contribution in [0, 0.1) is 0 Å². The zero-order valence-corrected chi connectivity index (χ0v) is 11.4. The molecule has 1 fully saturated rings. The third kappa shape index (κ3) is 4.22. The summed E-state index contributed by atoms with van der Waals surface area (Å²) < 4.78 is 5.33. The topological polar surface area (TPSA) is 58.2 Å². The SMILES string of the molecule is CC[NH2+]CC(=O)Nc1ccc(N2CCOCC2)cc1. The molecule has 5 nitrogen and oxygen atoms in total. The standard InChI is InChI=1S/C14H21N3O2/c1-2-15-11-14(18)16-12-3-5-13(6-4-12)17-7-9-19-10-8-17/h3-6,15H,2,7-11H2,1H3,(H,16,18)/p+1. The molecule has 3 N–H and O–H groups in total. The van der Waals surface area contributed by atoms with Gasteiger partial charge in [0, 0.05) is 24.5 Å². The number of hydrogen-bond acceptors (Lipinski definition) is 3. The maximum atomic E-state index is 11.6. The summed E-state index contributed by atoms with van der Waals surface area (Å²) in [6, 6.07) is 8.00. The highest BCUT2D eigenvalue weighted by Crippen LogP contribution is 2.18. The first-order valence-corrected chi connectivity index (χ1v) is 6.84. The van der Waals surface area contributed by atoms with Crippen molar-refractivity contribution in [3.05, 3.63) is 24.3 Å². The van der Waals surface area contributed by atoms with E-state index in [-0.39, 0.29) is 5.91 Å². The van der Waals surface area contributed by atoms with Crippen molar-refractivity contribution in [2.75, 3.05) is 49.6 Å². The number of anilines is 2. The van der Waals surface area contributed by atoms with E-state index in [1.54, 1.807) is 0 Å². The largest absolute Gasteiger partial charge is 0.378 e.